The standard InChI is InChI=1S/C8H15NO2/c1-7(2)3-5-9-6-4-8(10)11/h9H,1,3-6H2,2H3,(H,10,11). The van der Waals surface area contributed by atoms with Gasteiger partial charge in [0.2, 0.25) is 0 Å². The lowest BCUT2D eigenvalue weighted by atomic mass is 10.2. The molecular weight excluding hydrogens is 142 g/mol. The maximum Gasteiger partial charge on any atom is 0.304 e. The fourth-order valence-corrected chi connectivity index (χ4v) is 0.622. The van der Waals surface area contributed by atoms with Crippen LogP contribution in [0.2, 0.25) is 0 Å². The van der Waals surface area contributed by atoms with Gasteiger partial charge in [-0.2, -0.15) is 0 Å². The largest absolute Gasteiger partial charge is 0.481 e. The molecule has 0 aliphatic carbocycles. The lowest BCUT2D eigenvalue weighted by Crippen LogP contribution is -2.19. The molecule has 0 saturated heterocycles. The Bertz CT molecular complexity index is 127. The number of carboxylic acids is 1. The topological polar surface area (TPSA) is 49.3 Å². The molecule has 64 valence electrons. The van der Waals surface area contributed by atoms with E-state index in [9.17, 15) is 4.79 Å². The highest BCUT2D eigenvalue weighted by molar-refractivity contribution is 5.66. The first-order valence-corrected chi connectivity index (χ1v) is 3.70. The summed E-state index contributed by atoms with van der Waals surface area (Å²) in [6.07, 6.45) is 1.11. The number of hydrogen-bond donors (Lipinski definition) is 2. The molecular formula is C8H15NO2. The summed E-state index contributed by atoms with van der Waals surface area (Å²) in [4.78, 5) is 10.0. The van der Waals surface area contributed by atoms with Crippen molar-refractivity contribution < 1.29 is 9.90 Å². The van der Waals surface area contributed by atoms with E-state index >= 15 is 0 Å². The molecule has 0 unspecified atom stereocenters. The van der Waals surface area contributed by atoms with E-state index in [1.807, 2.05) is 6.92 Å². The molecule has 0 amide bonds. The van der Waals surface area contributed by atoms with E-state index < -0.39 is 5.97 Å². The molecule has 0 saturated carbocycles. The van der Waals surface area contributed by atoms with Crippen LogP contribution in [0.1, 0.15) is 19.8 Å². The van der Waals surface area contributed by atoms with E-state index in [0.717, 1.165) is 18.5 Å². The summed E-state index contributed by atoms with van der Waals surface area (Å²) in [5.41, 5.74) is 1.12. The monoisotopic (exact) mass is 157 g/mol. The predicted octanol–water partition coefficient (Wildman–Crippen LogP) is 1.02. The molecule has 0 aromatic heterocycles. The minimum atomic E-state index is -0.757. The van der Waals surface area contributed by atoms with Gasteiger partial charge < -0.3 is 10.4 Å². The Balaban J connectivity index is 3.03. The highest BCUT2D eigenvalue weighted by Gasteiger charge is 1.94. The maximum absolute atomic E-state index is 10.0. The van der Waals surface area contributed by atoms with Crippen molar-refractivity contribution in [3.8, 4) is 0 Å². The molecule has 3 nitrogen and oxygen atoms in total. The zero-order chi connectivity index (χ0) is 8.69. The van der Waals surface area contributed by atoms with Gasteiger partial charge in [0, 0.05) is 6.54 Å². The zero-order valence-electron chi connectivity index (χ0n) is 6.89. The van der Waals surface area contributed by atoms with E-state index in [1.54, 1.807) is 0 Å². The first kappa shape index (κ1) is 10.2. The van der Waals surface area contributed by atoms with Crippen LogP contribution in [0.25, 0.3) is 0 Å². The van der Waals surface area contributed by atoms with E-state index in [-0.39, 0.29) is 6.42 Å². The molecule has 0 aliphatic heterocycles. The Morgan fingerprint density at radius 1 is 1.45 bits per heavy atom. The molecule has 0 aliphatic rings. The molecule has 0 aromatic carbocycles. The third kappa shape index (κ3) is 9.17. The van der Waals surface area contributed by atoms with Gasteiger partial charge >= 0.3 is 5.97 Å². The highest BCUT2D eigenvalue weighted by atomic mass is 16.4. The first-order valence-electron chi connectivity index (χ1n) is 3.70. The summed E-state index contributed by atoms with van der Waals surface area (Å²) in [6.45, 7) is 7.06. The zero-order valence-corrected chi connectivity index (χ0v) is 6.89. The van der Waals surface area contributed by atoms with Crippen LogP contribution >= 0.6 is 0 Å². The molecule has 0 rings (SSSR count). The lowest BCUT2D eigenvalue weighted by molar-refractivity contribution is -0.136. The van der Waals surface area contributed by atoms with Gasteiger partial charge in [0.1, 0.15) is 0 Å². The maximum atomic E-state index is 10.0. The summed E-state index contributed by atoms with van der Waals surface area (Å²) in [6, 6.07) is 0. The van der Waals surface area contributed by atoms with Crippen molar-refractivity contribution in [3.05, 3.63) is 12.2 Å². The molecule has 0 spiro atoms. The van der Waals surface area contributed by atoms with E-state index in [4.69, 9.17) is 5.11 Å². The number of hydrogen-bond acceptors (Lipinski definition) is 2. The van der Waals surface area contributed by atoms with Crippen molar-refractivity contribution in [1.82, 2.24) is 5.32 Å². The molecule has 2 N–H and O–H groups in total. The normalized spacial score (nSPS) is 9.55. The summed E-state index contributed by atoms with van der Waals surface area (Å²) >= 11 is 0. The number of carboxylic acid groups (broad SMARTS) is 1. The average Bonchev–Trinajstić information content (AvgIpc) is 1.85. The van der Waals surface area contributed by atoms with Gasteiger partial charge in [-0.1, -0.05) is 5.57 Å². The van der Waals surface area contributed by atoms with Gasteiger partial charge in [-0.15, -0.1) is 6.58 Å². The van der Waals surface area contributed by atoms with Crippen molar-refractivity contribution in [1.29, 1.82) is 0 Å². The Morgan fingerprint density at radius 3 is 2.45 bits per heavy atom. The molecule has 3 heteroatoms. The fraction of sp³-hybridized carbons (Fsp3) is 0.625. The second-order valence-corrected chi connectivity index (χ2v) is 2.60. The minimum Gasteiger partial charge on any atom is -0.481 e. The van der Waals surface area contributed by atoms with Crippen LogP contribution < -0.4 is 5.32 Å². The molecule has 0 bridgehead atoms. The van der Waals surface area contributed by atoms with E-state index in [2.05, 4.69) is 11.9 Å². The highest BCUT2D eigenvalue weighted by Crippen LogP contribution is 1.91. The Morgan fingerprint density at radius 2 is 2.00 bits per heavy atom. The third-order valence-corrected chi connectivity index (χ3v) is 1.24. The SMILES string of the molecule is C=C(C)CCNCCC(=O)O. The molecule has 0 heterocycles. The van der Waals surface area contributed by atoms with Gasteiger partial charge in [-0.3, -0.25) is 4.79 Å². The second kappa shape index (κ2) is 5.92. The molecule has 0 aromatic rings. The van der Waals surface area contributed by atoms with Crippen LogP contribution in [0.15, 0.2) is 12.2 Å². The fourth-order valence-electron chi connectivity index (χ4n) is 0.622. The average molecular weight is 157 g/mol. The third-order valence-electron chi connectivity index (χ3n) is 1.24. The van der Waals surface area contributed by atoms with Crippen molar-refractivity contribution in [2.24, 2.45) is 0 Å². The van der Waals surface area contributed by atoms with Gasteiger partial charge in [-0.05, 0) is 19.9 Å². The van der Waals surface area contributed by atoms with E-state index in [1.165, 1.54) is 0 Å². The van der Waals surface area contributed by atoms with Crippen LogP contribution in [-0.2, 0) is 4.79 Å². The van der Waals surface area contributed by atoms with Crippen LogP contribution in [-0.4, -0.2) is 24.2 Å². The second-order valence-electron chi connectivity index (χ2n) is 2.60. The van der Waals surface area contributed by atoms with Crippen LogP contribution in [0.4, 0.5) is 0 Å². The summed E-state index contributed by atoms with van der Waals surface area (Å²) in [7, 11) is 0. The smallest absolute Gasteiger partial charge is 0.304 e. The first-order chi connectivity index (χ1) is 5.13. The Kier molecular flexibility index (Phi) is 5.47. The Hall–Kier alpha value is -0.830. The van der Waals surface area contributed by atoms with Crippen LogP contribution in [0.3, 0.4) is 0 Å². The van der Waals surface area contributed by atoms with Crippen molar-refractivity contribution in [3.63, 3.8) is 0 Å². The van der Waals surface area contributed by atoms with Crippen molar-refractivity contribution in [2.75, 3.05) is 13.1 Å². The van der Waals surface area contributed by atoms with Crippen molar-refractivity contribution in [2.45, 2.75) is 19.8 Å². The Labute approximate surface area is 67.1 Å². The molecule has 11 heavy (non-hydrogen) atoms. The number of nitrogens with one attached hydrogen (secondary N) is 1. The predicted molar refractivity (Wildman–Crippen MR) is 44.6 cm³/mol. The van der Waals surface area contributed by atoms with Gasteiger partial charge in [-0.25, -0.2) is 0 Å². The van der Waals surface area contributed by atoms with Crippen molar-refractivity contribution >= 4 is 5.97 Å². The van der Waals surface area contributed by atoms with Gasteiger partial charge in [0.15, 0.2) is 0 Å². The summed E-state index contributed by atoms with van der Waals surface area (Å²) in [5, 5.41) is 11.3. The number of carbonyl (C=O) groups is 1. The molecule has 0 radical (unpaired) electrons. The van der Waals surface area contributed by atoms with Gasteiger partial charge in [0.05, 0.1) is 6.42 Å². The summed E-state index contributed by atoms with van der Waals surface area (Å²) < 4.78 is 0. The molecule has 0 fully saturated rings. The van der Waals surface area contributed by atoms with Gasteiger partial charge in [0.25, 0.3) is 0 Å². The quantitative estimate of drug-likeness (QED) is 0.447. The van der Waals surface area contributed by atoms with Crippen LogP contribution in [0.5, 0.6) is 0 Å². The lowest BCUT2D eigenvalue weighted by Gasteiger charge is -2.01. The number of rotatable bonds is 6. The molecule has 0 atom stereocenters. The van der Waals surface area contributed by atoms with Crippen LogP contribution in [0, 0.1) is 0 Å². The minimum absolute atomic E-state index is 0.191. The number of aliphatic carboxylic acids is 1. The van der Waals surface area contributed by atoms with E-state index in [0.29, 0.717) is 6.54 Å². The summed E-state index contributed by atoms with van der Waals surface area (Å²) in [5.74, 6) is -0.757.